The Morgan fingerprint density at radius 1 is 0.864 bits per heavy atom. The lowest BCUT2D eigenvalue weighted by atomic mass is 10.1. The lowest BCUT2D eigenvalue weighted by Crippen LogP contribution is -2.17. The topological polar surface area (TPSA) is 17.0 Å². The van der Waals surface area contributed by atoms with Gasteiger partial charge in [0.05, 0.1) is 5.52 Å². The van der Waals surface area contributed by atoms with Crippen molar-refractivity contribution in [3.63, 3.8) is 0 Å². The molecule has 1 aromatic heterocycles. The number of halogens is 2. The summed E-state index contributed by atoms with van der Waals surface area (Å²) in [5.41, 5.74) is 4.29. The molecule has 4 heteroatoms. The van der Waals surface area contributed by atoms with Crippen LogP contribution in [0.25, 0.3) is 16.6 Å². The molecule has 112 valence electrons. The second-order valence-corrected chi connectivity index (χ2v) is 5.65. The van der Waals surface area contributed by atoms with E-state index < -0.39 is 0 Å². The predicted molar refractivity (Wildman–Crippen MR) is 83.5 cm³/mol. The Morgan fingerprint density at radius 3 is 2.41 bits per heavy atom. The number of rotatable bonds is 1. The van der Waals surface area contributed by atoms with Gasteiger partial charge in [0.15, 0.2) is 0 Å². The van der Waals surface area contributed by atoms with E-state index in [9.17, 15) is 8.78 Å². The van der Waals surface area contributed by atoms with E-state index in [1.54, 1.807) is 18.2 Å². The smallest absolute Gasteiger partial charge is 0.123 e. The van der Waals surface area contributed by atoms with E-state index in [4.69, 9.17) is 0 Å². The van der Waals surface area contributed by atoms with E-state index in [2.05, 4.69) is 9.88 Å². The van der Waals surface area contributed by atoms with Gasteiger partial charge < -0.3 is 9.88 Å². The summed E-state index contributed by atoms with van der Waals surface area (Å²) in [4.78, 5) is 0. The van der Waals surface area contributed by atoms with Crippen LogP contribution in [0.2, 0.25) is 0 Å². The van der Waals surface area contributed by atoms with Gasteiger partial charge in [-0.3, -0.25) is 0 Å². The molecular weight excluding hydrogens is 282 g/mol. The molecule has 0 fully saturated rings. The zero-order valence-electron chi connectivity index (χ0n) is 12.1. The normalized spacial score (nSPS) is 14.8. The van der Waals surface area contributed by atoms with Crippen molar-refractivity contribution in [1.82, 2.24) is 9.88 Å². The van der Waals surface area contributed by atoms with E-state index in [0.29, 0.717) is 0 Å². The maximum absolute atomic E-state index is 13.7. The molecule has 1 aliphatic heterocycles. The lowest BCUT2D eigenvalue weighted by molar-refractivity contribution is 0.627. The first-order valence-corrected chi connectivity index (χ1v) is 7.52. The van der Waals surface area contributed by atoms with Gasteiger partial charge in [0.1, 0.15) is 11.6 Å². The van der Waals surface area contributed by atoms with Crippen LogP contribution in [0, 0.1) is 11.6 Å². The highest BCUT2D eigenvalue weighted by Gasteiger charge is 2.20. The summed E-state index contributed by atoms with van der Waals surface area (Å²) in [5, 5.41) is 4.34. The molecule has 2 aromatic carbocycles. The summed E-state index contributed by atoms with van der Waals surface area (Å²) < 4.78 is 29.1. The van der Waals surface area contributed by atoms with Crippen LogP contribution in [0.4, 0.5) is 8.78 Å². The standard InChI is InChI=1S/C18H16F2N2/c19-12-1-4-14(5-2-12)22-17-6-3-13(20)11-16(17)15-7-9-21-10-8-18(15)22/h1-6,11,21H,7-10H2. The zero-order valence-corrected chi connectivity index (χ0v) is 12.1. The Kier molecular flexibility index (Phi) is 3.19. The Labute approximate surface area is 127 Å². The van der Waals surface area contributed by atoms with Crippen molar-refractivity contribution in [3.8, 4) is 5.69 Å². The fourth-order valence-electron chi connectivity index (χ4n) is 3.35. The molecule has 0 unspecified atom stereocenters. The van der Waals surface area contributed by atoms with Crippen molar-refractivity contribution < 1.29 is 8.78 Å². The SMILES string of the molecule is Fc1ccc(-n2c3c(c4cc(F)ccc42)CCNCC3)cc1. The minimum absolute atomic E-state index is 0.219. The Morgan fingerprint density at radius 2 is 1.59 bits per heavy atom. The monoisotopic (exact) mass is 298 g/mol. The van der Waals surface area contributed by atoms with E-state index in [1.165, 1.54) is 29.5 Å². The lowest BCUT2D eigenvalue weighted by Gasteiger charge is -2.11. The van der Waals surface area contributed by atoms with Crippen molar-refractivity contribution in [2.75, 3.05) is 13.1 Å². The Bertz CT molecular complexity index is 834. The molecule has 0 spiro atoms. The second kappa shape index (κ2) is 5.21. The van der Waals surface area contributed by atoms with Crippen LogP contribution in [0.5, 0.6) is 0 Å². The van der Waals surface area contributed by atoms with E-state index in [-0.39, 0.29) is 11.6 Å². The fourth-order valence-corrected chi connectivity index (χ4v) is 3.35. The maximum atomic E-state index is 13.7. The van der Waals surface area contributed by atoms with Gasteiger partial charge in [-0.1, -0.05) is 0 Å². The number of hydrogen-bond donors (Lipinski definition) is 1. The van der Waals surface area contributed by atoms with Crippen molar-refractivity contribution in [3.05, 3.63) is 65.4 Å². The van der Waals surface area contributed by atoms with E-state index in [1.807, 2.05) is 6.07 Å². The van der Waals surface area contributed by atoms with Gasteiger partial charge in [-0.05, 0) is 61.0 Å². The van der Waals surface area contributed by atoms with Gasteiger partial charge in [0, 0.05) is 29.7 Å². The number of benzene rings is 2. The van der Waals surface area contributed by atoms with Crippen molar-refractivity contribution in [1.29, 1.82) is 0 Å². The summed E-state index contributed by atoms with van der Waals surface area (Å²) >= 11 is 0. The van der Waals surface area contributed by atoms with Gasteiger partial charge in [0.2, 0.25) is 0 Å². The summed E-state index contributed by atoms with van der Waals surface area (Å²) in [6.07, 6.45) is 1.76. The summed E-state index contributed by atoms with van der Waals surface area (Å²) in [5.74, 6) is -0.470. The molecule has 0 saturated carbocycles. The highest BCUT2D eigenvalue weighted by Crippen LogP contribution is 2.31. The molecule has 2 heterocycles. The molecular formula is C18H16F2N2. The van der Waals surface area contributed by atoms with Crippen LogP contribution in [0.3, 0.4) is 0 Å². The van der Waals surface area contributed by atoms with Gasteiger partial charge in [0.25, 0.3) is 0 Å². The van der Waals surface area contributed by atoms with E-state index in [0.717, 1.165) is 42.5 Å². The Hall–Kier alpha value is -2.20. The molecule has 3 aromatic rings. The van der Waals surface area contributed by atoms with Crippen LogP contribution in [0.1, 0.15) is 11.3 Å². The van der Waals surface area contributed by atoms with Crippen LogP contribution in [-0.4, -0.2) is 17.7 Å². The van der Waals surface area contributed by atoms with Crippen molar-refractivity contribution in [2.45, 2.75) is 12.8 Å². The van der Waals surface area contributed by atoms with Crippen molar-refractivity contribution >= 4 is 10.9 Å². The average molecular weight is 298 g/mol. The Balaban J connectivity index is 2.04. The quantitative estimate of drug-likeness (QED) is 0.726. The first-order valence-electron chi connectivity index (χ1n) is 7.52. The number of nitrogens with zero attached hydrogens (tertiary/aromatic N) is 1. The number of hydrogen-bond acceptors (Lipinski definition) is 1. The minimum Gasteiger partial charge on any atom is -0.316 e. The zero-order chi connectivity index (χ0) is 15.1. The molecule has 2 nitrogen and oxygen atoms in total. The third-order valence-electron chi connectivity index (χ3n) is 4.32. The molecule has 0 saturated heterocycles. The number of aromatic nitrogens is 1. The third kappa shape index (κ3) is 2.11. The average Bonchev–Trinajstić information content (AvgIpc) is 2.68. The molecule has 1 aliphatic rings. The van der Waals surface area contributed by atoms with Crippen molar-refractivity contribution in [2.24, 2.45) is 0 Å². The molecule has 0 amide bonds. The summed E-state index contributed by atoms with van der Waals surface area (Å²) in [6, 6.07) is 11.4. The largest absolute Gasteiger partial charge is 0.316 e. The first-order chi connectivity index (χ1) is 10.7. The van der Waals surface area contributed by atoms with Gasteiger partial charge in [-0.25, -0.2) is 8.78 Å². The van der Waals surface area contributed by atoms with Crippen LogP contribution in [0.15, 0.2) is 42.5 Å². The second-order valence-electron chi connectivity index (χ2n) is 5.65. The third-order valence-corrected chi connectivity index (χ3v) is 4.32. The molecule has 0 radical (unpaired) electrons. The molecule has 4 rings (SSSR count). The highest BCUT2D eigenvalue weighted by atomic mass is 19.1. The summed E-state index contributed by atoms with van der Waals surface area (Å²) in [6.45, 7) is 1.79. The van der Waals surface area contributed by atoms with Gasteiger partial charge >= 0.3 is 0 Å². The fraction of sp³-hybridized carbons (Fsp3) is 0.222. The molecule has 0 aliphatic carbocycles. The molecule has 22 heavy (non-hydrogen) atoms. The number of nitrogens with one attached hydrogen (secondary N) is 1. The number of fused-ring (bicyclic) bond motifs is 3. The molecule has 1 N–H and O–H groups in total. The minimum atomic E-state index is -0.251. The predicted octanol–water partition coefficient (Wildman–Crippen LogP) is 3.60. The van der Waals surface area contributed by atoms with Crippen LogP contribution < -0.4 is 5.32 Å². The maximum Gasteiger partial charge on any atom is 0.123 e. The van der Waals surface area contributed by atoms with Gasteiger partial charge in [-0.2, -0.15) is 0 Å². The summed E-state index contributed by atoms with van der Waals surface area (Å²) in [7, 11) is 0. The molecule has 0 bridgehead atoms. The highest BCUT2D eigenvalue weighted by molar-refractivity contribution is 5.87. The van der Waals surface area contributed by atoms with Gasteiger partial charge in [-0.15, -0.1) is 0 Å². The molecule has 0 atom stereocenters. The van der Waals surface area contributed by atoms with Crippen LogP contribution >= 0.6 is 0 Å². The van der Waals surface area contributed by atoms with Crippen LogP contribution in [-0.2, 0) is 12.8 Å². The van der Waals surface area contributed by atoms with E-state index >= 15 is 0 Å². The first kappa shape index (κ1) is 13.5.